The fourth-order valence-electron chi connectivity index (χ4n) is 3.85. The molecule has 1 atom stereocenters. The number of benzene rings is 3. The van der Waals surface area contributed by atoms with Crippen molar-refractivity contribution in [1.82, 2.24) is 0 Å². The predicted octanol–water partition coefficient (Wildman–Crippen LogP) is 5.29. The molecule has 1 aromatic heterocycles. The van der Waals surface area contributed by atoms with Crippen LogP contribution in [0, 0.1) is 13.8 Å². The van der Waals surface area contributed by atoms with Gasteiger partial charge in [-0.15, -0.1) is 0 Å². The smallest absolute Gasteiger partial charge is 0.351 e. The number of aryl methyl sites for hydroxylation is 2. The molecule has 0 saturated carbocycles. The van der Waals surface area contributed by atoms with E-state index in [9.17, 15) is 9.59 Å². The van der Waals surface area contributed by atoms with Gasteiger partial charge in [0.1, 0.15) is 11.3 Å². The summed E-state index contributed by atoms with van der Waals surface area (Å²) in [6.07, 6.45) is -0.507. The van der Waals surface area contributed by atoms with Crippen molar-refractivity contribution in [1.29, 1.82) is 0 Å². The van der Waals surface area contributed by atoms with Crippen molar-refractivity contribution >= 4 is 16.9 Å². The Hall–Kier alpha value is -3.86. The zero-order chi connectivity index (χ0) is 22.7. The Kier molecular flexibility index (Phi) is 6.08. The van der Waals surface area contributed by atoms with E-state index in [0.29, 0.717) is 34.3 Å². The molecule has 0 spiro atoms. The molecule has 0 bridgehead atoms. The van der Waals surface area contributed by atoms with E-state index in [1.165, 1.54) is 7.11 Å². The van der Waals surface area contributed by atoms with Crippen LogP contribution in [0.5, 0.6) is 5.75 Å². The Morgan fingerprint density at radius 1 is 0.969 bits per heavy atom. The molecule has 32 heavy (non-hydrogen) atoms. The second kappa shape index (κ2) is 9.10. The Morgan fingerprint density at radius 2 is 1.62 bits per heavy atom. The molecule has 0 aliphatic heterocycles. The first-order chi connectivity index (χ1) is 15.5. The molecule has 0 saturated heterocycles. The fraction of sp³-hybridized carbons (Fsp3) is 0.185. The lowest BCUT2D eigenvalue weighted by Crippen LogP contribution is -2.20. The molecule has 0 fully saturated rings. The normalized spacial score (nSPS) is 11.8. The van der Waals surface area contributed by atoms with Crippen molar-refractivity contribution in [3.05, 3.63) is 111 Å². The van der Waals surface area contributed by atoms with Crippen molar-refractivity contribution in [2.24, 2.45) is 0 Å². The fourth-order valence-corrected chi connectivity index (χ4v) is 3.85. The van der Waals surface area contributed by atoms with Gasteiger partial charge in [0, 0.05) is 17.5 Å². The highest BCUT2D eigenvalue weighted by Gasteiger charge is 2.26. The van der Waals surface area contributed by atoms with E-state index < -0.39 is 12.1 Å². The maximum absolute atomic E-state index is 12.8. The van der Waals surface area contributed by atoms with Gasteiger partial charge in [-0.05, 0) is 42.7 Å². The van der Waals surface area contributed by atoms with E-state index in [0.717, 1.165) is 16.7 Å². The Bertz CT molecular complexity index is 1310. The zero-order valence-electron chi connectivity index (χ0n) is 18.3. The predicted molar refractivity (Wildman–Crippen MR) is 123 cm³/mol. The van der Waals surface area contributed by atoms with Gasteiger partial charge in [-0.1, -0.05) is 60.7 Å². The molecule has 0 unspecified atom stereocenters. The van der Waals surface area contributed by atoms with Crippen molar-refractivity contribution in [3.8, 4) is 5.75 Å². The minimum atomic E-state index is -0.949. The van der Waals surface area contributed by atoms with Gasteiger partial charge in [0.05, 0.1) is 12.5 Å². The average molecular weight is 428 g/mol. The first-order valence-electron chi connectivity index (χ1n) is 10.4. The maximum Gasteiger partial charge on any atom is 0.351 e. The summed E-state index contributed by atoms with van der Waals surface area (Å²) in [5, 5.41) is 0.672. The van der Waals surface area contributed by atoms with Crippen LogP contribution in [-0.4, -0.2) is 13.1 Å². The third-order valence-corrected chi connectivity index (χ3v) is 5.47. The molecular formula is C27H24O5. The summed E-state index contributed by atoms with van der Waals surface area (Å²) < 4.78 is 16.9. The van der Waals surface area contributed by atoms with Crippen LogP contribution in [0.1, 0.15) is 33.9 Å². The van der Waals surface area contributed by atoms with Crippen molar-refractivity contribution in [2.45, 2.75) is 26.4 Å². The summed E-state index contributed by atoms with van der Waals surface area (Å²) in [7, 11) is 1.33. The van der Waals surface area contributed by atoms with E-state index in [-0.39, 0.29) is 5.63 Å². The molecule has 5 heteroatoms. The lowest BCUT2D eigenvalue weighted by atomic mass is 9.98. The van der Waals surface area contributed by atoms with E-state index in [1.54, 1.807) is 6.07 Å². The Labute approximate surface area is 186 Å². The molecule has 5 nitrogen and oxygen atoms in total. The molecular weight excluding hydrogens is 404 g/mol. The molecule has 0 radical (unpaired) electrons. The van der Waals surface area contributed by atoms with Gasteiger partial charge in [-0.25, -0.2) is 9.59 Å². The van der Waals surface area contributed by atoms with Gasteiger partial charge in [-0.2, -0.15) is 0 Å². The quantitative estimate of drug-likeness (QED) is 0.308. The van der Waals surface area contributed by atoms with E-state index in [4.69, 9.17) is 13.9 Å². The van der Waals surface area contributed by atoms with Gasteiger partial charge < -0.3 is 13.9 Å². The molecule has 1 heterocycles. The summed E-state index contributed by atoms with van der Waals surface area (Å²) in [5.74, 6) is -0.0415. The molecule has 3 aromatic carbocycles. The van der Waals surface area contributed by atoms with Gasteiger partial charge in [-0.3, -0.25) is 0 Å². The molecule has 0 aliphatic rings. The molecule has 0 aliphatic carbocycles. The number of hydrogen-bond donors (Lipinski definition) is 0. The highest BCUT2D eigenvalue weighted by molar-refractivity contribution is 5.89. The second-order valence-corrected chi connectivity index (χ2v) is 7.72. The van der Waals surface area contributed by atoms with Crippen LogP contribution in [0.15, 0.2) is 82.0 Å². The van der Waals surface area contributed by atoms with E-state index >= 15 is 0 Å². The topological polar surface area (TPSA) is 65.7 Å². The number of carbonyl (C=O) groups is 1. The minimum absolute atomic E-state index is 0.372. The largest absolute Gasteiger partial charge is 0.473 e. The Balaban J connectivity index is 1.86. The van der Waals surface area contributed by atoms with Gasteiger partial charge in [0.25, 0.3) is 0 Å². The summed E-state index contributed by atoms with van der Waals surface area (Å²) in [4.78, 5) is 25.4. The van der Waals surface area contributed by atoms with Crippen LogP contribution in [0.3, 0.4) is 0 Å². The SMILES string of the molecule is COC(=O)[C@@H](Oc1cc(C)cc2oc(=O)c(Cc3ccccc3)c(C)c12)c1ccccc1. The number of carbonyl (C=O) groups excluding carboxylic acids is 1. The van der Waals surface area contributed by atoms with Crippen LogP contribution >= 0.6 is 0 Å². The highest BCUT2D eigenvalue weighted by atomic mass is 16.6. The average Bonchev–Trinajstić information content (AvgIpc) is 2.80. The van der Waals surface area contributed by atoms with Crippen LogP contribution in [0.25, 0.3) is 11.0 Å². The Morgan fingerprint density at radius 3 is 2.28 bits per heavy atom. The lowest BCUT2D eigenvalue weighted by Gasteiger charge is -2.20. The first-order valence-corrected chi connectivity index (χ1v) is 10.4. The number of ether oxygens (including phenoxy) is 2. The molecule has 4 aromatic rings. The third kappa shape index (κ3) is 4.28. The van der Waals surface area contributed by atoms with Crippen molar-refractivity contribution in [3.63, 3.8) is 0 Å². The van der Waals surface area contributed by atoms with Crippen molar-refractivity contribution < 1.29 is 18.7 Å². The second-order valence-electron chi connectivity index (χ2n) is 7.72. The van der Waals surface area contributed by atoms with Crippen molar-refractivity contribution in [2.75, 3.05) is 7.11 Å². The first kappa shape index (κ1) is 21.4. The minimum Gasteiger partial charge on any atom is -0.473 e. The molecule has 162 valence electrons. The maximum atomic E-state index is 12.8. The molecule has 4 rings (SSSR count). The van der Waals surface area contributed by atoms with Crippen LogP contribution < -0.4 is 10.4 Å². The number of rotatable bonds is 6. The van der Waals surface area contributed by atoms with Gasteiger partial charge in [0.2, 0.25) is 6.10 Å². The number of hydrogen-bond acceptors (Lipinski definition) is 5. The van der Waals surface area contributed by atoms with E-state index in [1.807, 2.05) is 80.6 Å². The lowest BCUT2D eigenvalue weighted by molar-refractivity contribution is -0.149. The summed E-state index contributed by atoms with van der Waals surface area (Å²) in [5.41, 5.74) is 3.92. The van der Waals surface area contributed by atoms with E-state index in [2.05, 4.69) is 0 Å². The standard InChI is InChI=1S/C27H24O5/c1-17-14-22(31-25(27(29)30-3)20-12-8-5-9-13-20)24-18(2)21(26(28)32-23(24)15-17)16-19-10-6-4-7-11-19/h4-15,25H,16H2,1-3H3/t25-/m0/s1. The van der Waals surface area contributed by atoms with Crippen LogP contribution in [-0.2, 0) is 16.0 Å². The number of methoxy groups -OCH3 is 1. The van der Waals surface area contributed by atoms with Gasteiger partial charge >= 0.3 is 11.6 Å². The molecule has 0 N–H and O–H groups in total. The number of fused-ring (bicyclic) bond motifs is 1. The summed E-state index contributed by atoms with van der Waals surface area (Å²) in [6, 6.07) is 22.6. The van der Waals surface area contributed by atoms with Crippen LogP contribution in [0.4, 0.5) is 0 Å². The summed E-state index contributed by atoms with van der Waals surface area (Å²) >= 11 is 0. The van der Waals surface area contributed by atoms with Crippen LogP contribution in [0.2, 0.25) is 0 Å². The molecule has 0 amide bonds. The monoisotopic (exact) mass is 428 g/mol. The third-order valence-electron chi connectivity index (χ3n) is 5.47. The number of esters is 1. The van der Waals surface area contributed by atoms with Gasteiger partial charge in [0.15, 0.2) is 0 Å². The zero-order valence-corrected chi connectivity index (χ0v) is 18.3. The summed E-state index contributed by atoms with van der Waals surface area (Å²) in [6.45, 7) is 3.77. The highest BCUT2D eigenvalue weighted by Crippen LogP contribution is 2.34.